The zero-order chi connectivity index (χ0) is 34.9. The van der Waals surface area contributed by atoms with Crippen molar-refractivity contribution in [2.45, 2.75) is 163 Å². The van der Waals surface area contributed by atoms with Crippen LogP contribution < -0.4 is 0 Å². The number of rotatable bonds is 8. The summed E-state index contributed by atoms with van der Waals surface area (Å²) in [6.07, 6.45) is 2.43. The van der Waals surface area contributed by atoms with Crippen molar-refractivity contribution >= 4 is 11.8 Å². The van der Waals surface area contributed by atoms with Crippen LogP contribution in [0.1, 0.15) is 120 Å². The van der Waals surface area contributed by atoms with Crippen LogP contribution in [0.25, 0.3) is 0 Å². The summed E-state index contributed by atoms with van der Waals surface area (Å²) < 4.78 is 18.5. The number of esters is 1. The van der Waals surface area contributed by atoms with Crippen molar-refractivity contribution in [1.29, 1.82) is 0 Å². The van der Waals surface area contributed by atoms with E-state index in [9.17, 15) is 30.0 Å². The minimum atomic E-state index is -1.53. The third kappa shape index (κ3) is 5.86. The van der Waals surface area contributed by atoms with Gasteiger partial charge in [0.15, 0.2) is 6.29 Å². The van der Waals surface area contributed by atoms with E-state index in [2.05, 4.69) is 40.7 Å². The molecule has 268 valence electrons. The molecule has 0 unspecified atom stereocenters. The fraction of sp³-hybridized carbons (Fsp3) is 0.895. The van der Waals surface area contributed by atoms with Crippen LogP contribution in [0, 0.1) is 45.3 Å². The lowest BCUT2D eigenvalue weighted by Gasteiger charge is -2.69. The van der Waals surface area contributed by atoms with E-state index in [1.165, 1.54) is 12.5 Å². The van der Waals surface area contributed by atoms with E-state index in [0.717, 1.165) is 38.5 Å². The molecule has 0 amide bonds. The zero-order valence-electron chi connectivity index (χ0n) is 30.3. The van der Waals surface area contributed by atoms with Gasteiger partial charge in [-0.15, -0.1) is 0 Å². The Kier molecular flexibility index (Phi) is 10.0. The molecule has 1 aliphatic heterocycles. The van der Waals surface area contributed by atoms with Gasteiger partial charge in [-0.1, -0.05) is 46.3 Å². The molecule has 5 rings (SSSR count). The van der Waals surface area contributed by atoms with E-state index >= 15 is 0 Å². The third-order valence-electron chi connectivity index (χ3n) is 14.6. The number of ether oxygens (including phenoxy) is 3. The summed E-state index contributed by atoms with van der Waals surface area (Å²) >= 11 is 0. The predicted molar refractivity (Wildman–Crippen MR) is 177 cm³/mol. The molecule has 0 radical (unpaired) electrons. The Morgan fingerprint density at radius 3 is 2.21 bits per heavy atom. The van der Waals surface area contributed by atoms with Crippen LogP contribution in [0.3, 0.4) is 0 Å². The van der Waals surface area contributed by atoms with Gasteiger partial charge in [0.05, 0.1) is 12.2 Å². The topological polar surface area (TPSA) is 143 Å². The number of aliphatic hydroxyl groups is 4. The Morgan fingerprint density at radius 1 is 0.936 bits per heavy atom. The van der Waals surface area contributed by atoms with Crippen LogP contribution in [0.4, 0.5) is 0 Å². The first kappa shape index (κ1) is 36.9. The molecule has 47 heavy (non-hydrogen) atoms. The van der Waals surface area contributed by atoms with Gasteiger partial charge in [-0.2, -0.15) is 0 Å². The van der Waals surface area contributed by atoms with Gasteiger partial charge in [-0.25, -0.2) is 0 Å². The maximum atomic E-state index is 14.7. The van der Waals surface area contributed by atoms with Crippen LogP contribution >= 0.6 is 0 Å². The quantitative estimate of drug-likeness (QED) is 0.206. The van der Waals surface area contributed by atoms with Crippen molar-refractivity contribution in [3.05, 3.63) is 11.6 Å². The van der Waals surface area contributed by atoms with E-state index in [-0.39, 0.29) is 57.3 Å². The molecular weight excluding hydrogens is 600 g/mol. The van der Waals surface area contributed by atoms with Crippen molar-refractivity contribution in [2.24, 2.45) is 45.3 Å². The van der Waals surface area contributed by atoms with Gasteiger partial charge in [0.2, 0.25) is 0 Å². The highest BCUT2D eigenvalue weighted by molar-refractivity contribution is 5.84. The van der Waals surface area contributed by atoms with Gasteiger partial charge in [-0.3, -0.25) is 9.59 Å². The summed E-state index contributed by atoms with van der Waals surface area (Å²) in [4.78, 5) is 26.7. The van der Waals surface area contributed by atoms with E-state index in [1.807, 2.05) is 20.8 Å². The molecule has 0 aromatic carbocycles. The third-order valence-corrected chi connectivity index (χ3v) is 14.6. The maximum Gasteiger partial charge on any atom is 0.302 e. The monoisotopic (exact) mass is 662 g/mol. The number of allylic oxidation sites excluding steroid dienone is 2. The van der Waals surface area contributed by atoms with Crippen LogP contribution in [-0.2, 0) is 23.8 Å². The Balaban J connectivity index is 1.48. The lowest BCUT2D eigenvalue weighted by atomic mass is 9.35. The molecule has 14 atom stereocenters. The fourth-order valence-corrected chi connectivity index (χ4v) is 11.9. The van der Waals surface area contributed by atoms with Crippen molar-refractivity contribution in [2.75, 3.05) is 6.61 Å². The van der Waals surface area contributed by atoms with Crippen molar-refractivity contribution in [3.63, 3.8) is 0 Å². The molecule has 5 fully saturated rings. The molecule has 0 spiro atoms. The molecule has 0 aromatic heterocycles. The largest absolute Gasteiger partial charge is 0.462 e. The van der Waals surface area contributed by atoms with Crippen LogP contribution in [0.5, 0.6) is 0 Å². The number of hydrogen-bond acceptors (Lipinski definition) is 9. The summed E-state index contributed by atoms with van der Waals surface area (Å²) in [5, 5.41) is 41.8. The lowest BCUT2D eigenvalue weighted by molar-refractivity contribution is -0.333. The molecule has 5 aliphatic rings. The first-order chi connectivity index (χ1) is 21.8. The second kappa shape index (κ2) is 12.8. The average molecular weight is 663 g/mol. The van der Waals surface area contributed by atoms with Gasteiger partial charge < -0.3 is 34.6 Å². The zero-order valence-corrected chi connectivity index (χ0v) is 30.3. The van der Waals surface area contributed by atoms with E-state index < -0.39 is 42.9 Å². The molecule has 0 aromatic rings. The smallest absolute Gasteiger partial charge is 0.302 e. The highest BCUT2D eigenvalue weighted by Crippen LogP contribution is 2.75. The standard InChI is InChI=1S/C38H62O9/c1-21(2)11-10-15-38(9,47-33-32(44)31(43)30(42)25(20-39)46-33)23-12-17-37(8)29(23)24(41)19-27-35(6)16-14-28(45-22(3)40)34(4,5)26(35)13-18-36(27,37)7/h11,23,25-33,39,42-44H,10,12-20H2,1-9H3/t23-,25+,26-,27+,28-,29-,30+,31-,32+,33-,35-,36+,37+,38-/m0/s1. The van der Waals surface area contributed by atoms with Gasteiger partial charge in [0, 0.05) is 24.7 Å². The van der Waals surface area contributed by atoms with Gasteiger partial charge in [0.25, 0.3) is 0 Å². The minimum absolute atomic E-state index is 0.0611. The van der Waals surface area contributed by atoms with Crippen molar-refractivity contribution in [3.8, 4) is 0 Å². The molecule has 1 saturated heterocycles. The highest BCUT2D eigenvalue weighted by Gasteiger charge is 2.72. The number of ketones is 1. The maximum absolute atomic E-state index is 14.7. The van der Waals surface area contributed by atoms with Gasteiger partial charge >= 0.3 is 5.97 Å². The molecule has 4 saturated carbocycles. The van der Waals surface area contributed by atoms with E-state index in [4.69, 9.17) is 14.2 Å². The van der Waals surface area contributed by atoms with E-state index in [1.54, 1.807) is 0 Å². The number of carbonyl (C=O) groups excluding carboxylic acids is 2. The molecule has 1 heterocycles. The Bertz CT molecular complexity index is 1230. The molecule has 0 bridgehead atoms. The fourth-order valence-electron chi connectivity index (χ4n) is 11.9. The molecular formula is C38H62O9. The average Bonchev–Trinajstić information content (AvgIpc) is 3.36. The van der Waals surface area contributed by atoms with Crippen LogP contribution in [0.2, 0.25) is 0 Å². The Morgan fingerprint density at radius 2 is 1.60 bits per heavy atom. The molecule has 4 N–H and O–H groups in total. The Hall–Kier alpha value is -1.36. The molecule has 4 aliphatic carbocycles. The SMILES string of the molecule is CC(=O)O[C@H]1CC[C@]2(C)[C@H]3CC(=O)[C@@H]4[C@@H]([C@](C)(CCC=C(C)C)O[C@@H]5O[C@H](CO)[C@@H](O)[C@H](O)[C@H]5O)CC[C@@]4(C)[C@]3(C)CC[C@H]2C1(C)C. The second-order valence-corrected chi connectivity index (χ2v) is 17.7. The predicted octanol–water partition coefficient (Wildman–Crippen LogP) is 5.10. The van der Waals surface area contributed by atoms with Crippen LogP contribution in [0.15, 0.2) is 11.6 Å². The van der Waals surface area contributed by atoms with Crippen molar-refractivity contribution in [1.82, 2.24) is 0 Å². The summed E-state index contributed by atoms with van der Waals surface area (Å²) in [5.74, 6) is 0.215. The normalized spacial score (nSPS) is 47.2. The number of Topliss-reactive ketones (excluding diaryl/α,β-unsaturated/α-hetero) is 1. The number of hydrogen-bond donors (Lipinski definition) is 4. The molecule has 9 heteroatoms. The molecule has 9 nitrogen and oxygen atoms in total. The number of carbonyl (C=O) groups is 2. The van der Waals surface area contributed by atoms with Gasteiger partial charge in [-0.05, 0) is 106 Å². The summed E-state index contributed by atoms with van der Waals surface area (Å²) in [5.41, 5.74) is -0.307. The van der Waals surface area contributed by atoms with Gasteiger partial charge in [0.1, 0.15) is 36.3 Å². The van der Waals surface area contributed by atoms with Crippen LogP contribution in [-0.4, -0.2) is 81.2 Å². The van der Waals surface area contributed by atoms with E-state index in [0.29, 0.717) is 25.2 Å². The summed E-state index contributed by atoms with van der Waals surface area (Å²) in [7, 11) is 0. The lowest BCUT2D eigenvalue weighted by Crippen LogP contribution is -2.66. The first-order valence-corrected chi connectivity index (χ1v) is 18.1. The second-order valence-electron chi connectivity index (χ2n) is 17.7. The Labute approximate surface area is 281 Å². The number of fused-ring (bicyclic) bond motifs is 5. The highest BCUT2D eigenvalue weighted by atomic mass is 16.7. The number of aliphatic hydroxyl groups excluding tert-OH is 4. The minimum Gasteiger partial charge on any atom is -0.462 e. The van der Waals surface area contributed by atoms with Crippen molar-refractivity contribution < 1.29 is 44.2 Å². The summed E-state index contributed by atoms with van der Waals surface area (Å²) in [6.45, 7) is 18.8. The summed E-state index contributed by atoms with van der Waals surface area (Å²) in [6, 6.07) is 0. The first-order valence-electron chi connectivity index (χ1n) is 18.1.